The lowest BCUT2D eigenvalue weighted by molar-refractivity contribution is 1.22. The molecular weight excluding hydrogens is 398 g/mol. The van der Waals surface area contributed by atoms with Crippen LogP contribution in [0.25, 0.3) is 0 Å². The van der Waals surface area contributed by atoms with E-state index in [2.05, 4.69) is 31.4 Å². The predicted octanol–water partition coefficient (Wildman–Crippen LogP) is 5.12. The lowest BCUT2D eigenvalue weighted by Crippen LogP contribution is -1.97. The molecule has 1 N–H and O–H groups in total. The zero-order valence-corrected chi connectivity index (χ0v) is 14.1. The minimum absolute atomic E-state index is 0.0331. The smallest absolute Gasteiger partial charge is 0.168 e. The minimum atomic E-state index is -0.0340. The molecule has 0 spiro atoms. The van der Waals surface area contributed by atoms with Gasteiger partial charge in [0, 0.05) is 4.47 Å². The molecule has 1 aromatic carbocycles. The first-order valence-corrected chi connectivity index (χ1v) is 7.45. The molecule has 0 atom stereocenters. The van der Waals surface area contributed by atoms with Gasteiger partial charge in [0.05, 0.1) is 11.2 Å². The number of hydrazone groups is 1. The number of benzene rings is 1. The third-order valence-electron chi connectivity index (χ3n) is 2.40. The van der Waals surface area contributed by atoms with Crippen molar-refractivity contribution in [3.63, 3.8) is 0 Å². The summed E-state index contributed by atoms with van der Waals surface area (Å²) in [6, 6.07) is 9.38. The first-order chi connectivity index (χ1) is 10.0. The van der Waals surface area contributed by atoms with E-state index in [9.17, 15) is 0 Å². The van der Waals surface area contributed by atoms with Crippen LogP contribution >= 0.6 is 50.7 Å². The van der Waals surface area contributed by atoms with E-state index in [0.29, 0.717) is 0 Å². The number of hydrogen-bond acceptors (Lipinski definition) is 4. The summed E-state index contributed by atoms with van der Waals surface area (Å²) in [7, 11) is 0. The molecule has 1 aromatic heterocycles. The maximum Gasteiger partial charge on any atom is 0.168 e. The fourth-order valence-corrected chi connectivity index (χ4v) is 2.33. The van der Waals surface area contributed by atoms with Crippen molar-refractivity contribution < 1.29 is 0 Å². The zero-order chi connectivity index (χ0) is 15.4. The Hall–Kier alpha value is -1.32. The van der Waals surface area contributed by atoms with Crippen molar-refractivity contribution in [1.82, 2.24) is 4.98 Å². The molecular formula is C13H6BrCl3N4. The topological polar surface area (TPSA) is 61.1 Å². The van der Waals surface area contributed by atoms with Crippen LogP contribution in [0, 0.1) is 11.3 Å². The summed E-state index contributed by atoms with van der Waals surface area (Å²) in [6.07, 6.45) is 1.59. The molecule has 0 amide bonds. The highest BCUT2D eigenvalue weighted by atomic mass is 79.9. The van der Waals surface area contributed by atoms with Crippen LogP contribution in [0.1, 0.15) is 11.1 Å². The van der Waals surface area contributed by atoms with Gasteiger partial charge in [-0.2, -0.15) is 10.4 Å². The van der Waals surface area contributed by atoms with Crippen LogP contribution in [-0.4, -0.2) is 11.2 Å². The van der Waals surface area contributed by atoms with Crippen LogP contribution in [-0.2, 0) is 0 Å². The Morgan fingerprint density at radius 3 is 2.48 bits per heavy atom. The zero-order valence-electron chi connectivity index (χ0n) is 10.2. The Labute approximate surface area is 144 Å². The number of halogens is 4. The molecule has 8 heteroatoms. The number of nitrogens with one attached hydrogen (secondary N) is 1. The fraction of sp³-hybridized carbons (Fsp3) is 0. The van der Waals surface area contributed by atoms with Crippen LogP contribution in [0.4, 0.5) is 5.82 Å². The van der Waals surface area contributed by atoms with Crippen molar-refractivity contribution in [3.8, 4) is 6.07 Å². The van der Waals surface area contributed by atoms with Gasteiger partial charge < -0.3 is 0 Å². The molecule has 0 saturated carbocycles. The second-order valence-corrected chi connectivity index (χ2v) is 5.82. The molecule has 0 saturated heterocycles. The molecule has 0 fully saturated rings. The van der Waals surface area contributed by atoms with E-state index in [1.54, 1.807) is 6.21 Å². The van der Waals surface area contributed by atoms with Crippen molar-refractivity contribution in [2.75, 3.05) is 5.43 Å². The van der Waals surface area contributed by atoms with Crippen LogP contribution in [0.5, 0.6) is 0 Å². The highest BCUT2D eigenvalue weighted by Gasteiger charge is 2.15. The largest absolute Gasteiger partial charge is 0.260 e. The Morgan fingerprint density at radius 2 is 1.86 bits per heavy atom. The van der Waals surface area contributed by atoms with Crippen molar-refractivity contribution in [1.29, 1.82) is 5.26 Å². The van der Waals surface area contributed by atoms with Gasteiger partial charge in [0.1, 0.15) is 16.7 Å². The van der Waals surface area contributed by atoms with Gasteiger partial charge in [-0.05, 0) is 17.7 Å². The van der Waals surface area contributed by atoms with Crippen LogP contribution in [0.2, 0.25) is 15.2 Å². The quantitative estimate of drug-likeness (QED) is 0.439. The summed E-state index contributed by atoms with van der Waals surface area (Å²) in [4.78, 5) is 3.94. The standard InChI is InChI=1S/C13H6BrCl3N4/c14-8-3-1-7(2-4-8)6-19-21-13-11(16)10(15)9(5-18)12(17)20-13/h1-4,6H,(H,20,21). The maximum absolute atomic E-state index is 8.89. The van der Waals surface area contributed by atoms with E-state index in [1.165, 1.54) is 0 Å². The summed E-state index contributed by atoms with van der Waals surface area (Å²) in [5.74, 6) is 0.180. The summed E-state index contributed by atoms with van der Waals surface area (Å²) < 4.78 is 0.975. The normalized spacial score (nSPS) is 10.6. The highest BCUT2D eigenvalue weighted by molar-refractivity contribution is 9.10. The van der Waals surface area contributed by atoms with E-state index in [4.69, 9.17) is 40.1 Å². The van der Waals surface area contributed by atoms with Gasteiger partial charge in [-0.15, -0.1) is 0 Å². The maximum atomic E-state index is 8.89. The van der Waals surface area contributed by atoms with Gasteiger partial charge in [0.25, 0.3) is 0 Å². The summed E-state index contributed by atoms with van der Waals surface area (Å²) in [6.45, 7) is 0. The molecule has 0 radical (unpaired) electrons. The fourth-order valence-electron chi connectivity index (χ4n) is 1.39. The van der Waals surface area contributed by atoms with E-state index in [0.717, 1.165) is 10.0 Å². The lowest BCUT2D eigenvalue weighted by atomic mass is 10.2. The van der Waals surface area contributed by atoms with Gasteiger partial charge in [-0.1, -0.05) is 62.9 Å². The van der Waals surface area contributed by atoms with E-state index in [1.807, 2.05) is 30.3 Å². The number of nitrogens with zero attached hydrogens (tertiary/aromatic N) is 3. The van der Waals surface area contributed by atoms with Gasteiger partial charge >= 0.3 is 0 Å². The van der Waals surface area contributed by atoms with E-state index in [-0.39, 0.29) is 26.6 Å². The monoisotopic (exact) mass is 402 g/mol. The van der Waals surface area contributed by atoms with Crippen molar-refractivity contribution in [2.45, 2.75) is 0 Å². The molecule has 0 aliphatic carbocycles. The van der Waals surface area contributed by atoms with Crippen molar-refractivity contribution in [3.05, 3.63) is 55.1 Å². The molecule has 21 heavy (non-hydrogen) atoms. The molecule has 2 aromatic rings. The average molecular weight is 404 g/mol. The predicted molar refractivity (Wildman–Crippen MR) is 89.3 cm³/mol. The number of aromatic nitrogens is 1. The molecule has 1 heterocycles. The number of nitriles is 1. The Morgan fingerprint density at radius 1 is 1.19 bits per heavy atom. The second-order valence-electron chi connectivity index (χ2n) is 3.79. The average Bonchev–Trinajstić information content (AvgIpc) is 2.47. The van der Waals surface area contributed by atoms with Crippen molar-refractivity contribution in [2.24, 2.45) is 5.10 Å². The third-order valence-corrected chi connectivity index (χ3v) is 4.05. The molecule has 4 nitrogen and oxygen atoms in total. The molecule has 2 rings (SSSR count). The third kappa shape index (κ3) is 3.86. The van der Waals surface area contributed by atoms with E-state index >= 15 is 0 Å². The number of anilines is 1. The molecule has 0 unspecified atom stereocenters. The molecule has 0 aliphatic rings. The van der Waals surface area contributed by atoms with Crippen LogP contribution < -0.4 is 5.43 Å². The highest BCUT2D eigenvalue weighted by Crippen LogP contribution is 2.34. The van der Waals surface area contributed by atoms with Crippen LogP contribution in [0.15, 0.2) is 33.8 Å². The summed E-state index contributed by atoms with van der Waals surface area (Å²) >= 11 is 21.1. The number of hydrogen-bond donors (Lipinski definition) is 1. The van der Waals surface area contributed by atoms with Gasteiger partial charge in [-0.25, -0.2) is 4.98 Å². The first kappa shape index (κ1) is 16.1. The Kier molecular flexibility index (Phi) is 5.43. The van der Waals surface area contributed by atoms with Crippen LogP contribution in [0.3, 0.4) is 0 Å². The first-order valence-electron chi connectivity index (χ1n) is 5.52. The lowest BCUT2D eigenvalue weighted by Gasteiger charge is -2.06. The van der Waals surface area contributed by atoms with Gasteiger partial charge in [0.15, 0.2) is 11.0 Å². The summed E-state index contributed by atoms with van der Waals surface area (Å²) in [5.41, 5.74) is 3.56. The van der Waals surface area contributed by atoms with E-state index < -0.39 is 0 Å². The molecule has 0 bridgehead atoms. The second kappa shape index (κ2) is 7.10. The number of rotatable bonds is 3. The van der Waals surface area contributed by atoms with Crippen molar-refractivity contribution >= 4 is 62.8 Å². The Bertz CT molecular complexity index is 739. The van der Waals surface area contributed by atoms with Gasteiger partial charge in [0.2, 0.25) is 0 Å². The summed E-state index contributed by atoms with van der Waals surface area (Å²) in [5, 5.41) is 13.0. The minimum Gasteiger partial charge on any atom is -0.260 e. The Balaban J connectivity index is 2.21. The SMILES string of the molecule is N#Cc1c(Cl)nc(NN=Cc2ccc(Br)cc2)c(Cl)c1Cl. The molecule has 106 valence electrons. The molecule has 0 aliphatic heterocycles. The number of pyridine rings is 1. The van der Waals surface area contributed by atoms with Gasteiger partial charge in [-0.3, -0.25) is 5.43 Å².